The molecule has 1 atom stereocenters. The summed E-state index contributed by atoms with van der Waals surface area (Å²) in [4.78, 5) is 27.7. The Kier molecular flexibility index (Phi) is 8.37. The first-order valence-electron chi connectivity index (χ1n) is 10.4. The SMILES string of the molecule is COCCN1C(=O)C(=O)/C(=C(/O)c2cc(Cl)c(OC)c(Cl)c2OC)C1c1cccc(OC)c1OC. The van der Waals surface area contributed by atoms with Gasteiger partial charge in [0.1, 0.15) is 10.8 Å². The zero-order chi connectivity index (χ0) is 25.9. The van der Waals surface area contributed by atoms with E-state index in [2.05, 4.69) is 0 Å². The molecule has 0 radical (unpaired) electrons. The Bertz CT molecular complexity index is 1180. The average Bonchev–Trinajstić information content (AvgIpc) is 3.10. The average molecular weight is 526 g/mol. The highest BCUT2D eigenvalue weighted by Gasteiger charge is 2.47. The number of rotatable bonds is 9. The molecule has 1 N–H and O–H groups in total. The molecule has 0 saturated carbocycles. The van der Waals surface area contributed by atoms with Crippen LogP contribution in [0.1, 0.15) is 17.2 Å². The van der Waals surface area contributed by atoms with Gasteiger partial charge in [-0.15, -0.1) is 0 Å². The minimum absolute atomic E-state index is 0.00632. The maximum absolute atomic E-state index is 13.3. The molecule has 2 aromatic carbocycles. The van der Waals surface area contributed by atoms with Gasteiger partial charge in [-0.05, 0) is 12.1 Å². The fourth-order valence-corrected chi connectivity index (χ4v) is 4.73. The first-order chi connectivity index (χ1) is 16.8. The van der Waals surface area contributed by atoms with Crippen LogP contribution >= 0.6 is 23.2 Å². The number of methoxy groups -OCH3 is 5. The van der Waals surface area contributed by atoms with Crippen LogP contribution in [0.25, 0.3) is 5.76 Å². The number of nitrogens with zero attached hydrogens (tertiary/aromatic N) is 1. The predicted octanol–water partition coefficient (Wildman–Crippen LogP) is 4.10. The van der Waals surface area contributed by atoms with E-state index in [1.54, 1.807) is 18.2 Å². The first kappa shape index (κ1) is 26.5. The maximum atomic E-state index is 13.3. The van der Waals surface area contributed by atoms with Crippen LogP contribution in [0.15, 0.2) is 29.8 Å². The summed E-state index contributed by atoms with van der Waals surface area (Å²) in [6.45, 7) is 0.226. The van der Waals surface area contributed by atoms with Crippen LogP contribution in [0.3, 0.4) is 0 Å². The van der Waals surface area contributed by atoms with Crippen molar-refractivity contribution in [2.45, 2.75) is 6.04 Å². The highest BCUT2D eigenvalue weighted by molar-refractivity contribution is 6.47. The Hall–Kier alpha value is -3.14. The van der Waals surface area contributed by atoms with Crippen LogP contribution in [0, 0.1) is 0 Å². The van der Waals surface area contributed by atoms with E-state index >= 15 is 0 Å². The lowest BCUT2D eigenvalue weighted by Crippen LogP contribution is -2.32. The zero-order valence-electron chi connectivity index (χ0n) is 19.8. The molecule has 1 fully saturated rings. The van der Waals surface area contributed by atoms with Crippen molar-refractivity contribution in [3.05, 3.63) is 51.0 Å². The van der Waals surface area contributed by atoms with Crippen LogP contribution in [-0.2, 0) is 14.3 Å². The van der Waals surface area contributed by atoms with Crippen molar-refractivity contribution < 1.29 is 38.4 Å². The van der Waals surface area contributed by atoms with E-state index in [-0.39, 0.29) is 45.8 Å². The summed E-state index contributed by atoms with van der Waals surface area (Å²) in [5.41, 5.74) is 0.238. The maximum Gasteiger partial charge on any atom is 0.295 e. The molecule has 0 aromatic heterocycles. The molecule has 9 nitrogen and oxygen atoms in total. The normalized spacial score (nSPS) is 17.0. The van der Waals surface area contributed by atoms with Crippen LogP contribution < -0.4 is 18.9 Å². The van der Waals surface area contributed by atoms with Crippen molar-refractivity contribution in [2.24, 2.45) is 0 Å². The summed E-state index contributed by atoms with van der Waals surface area (Å²) in [6.07, 6.45) is 0. The van der Waals surface area contributed by atoms with Crippen molar-refractivity contribution in [3.63, 3.8) is 0 Å². The molecular weight excluding hydrogens is 501 g/mol. The summed E-state index contributed by atoms with van der Waals surface area (Å²) < 4.78 is 26.7. The van der Waals surface area contributed by atoms with Gasteiger partial charge < -0.3 is 33.7 Å². The van der Waals surface area contributed by atoms with E-state index in [1.807, 2.05) is 0 Å². The van der Waals surface area contributed by atoms with Crippen molar-refractivity contribution in [2.75, 3.05) is 48.7 Å². The molecule has 2 aromatic rings. The Balaban J connectivity index is 2.36. The second kappa shape index (κ2) is 11.1. The molecule has 1 saturated heterocycles. The van der Waals surface area contributed by atoms with Crippen LogP contribution in [0.5, 0.6) is 23.0 Å². The van der Waals surface area contributed by atoms with Crippen molar-refractivity contribution >= 4 is 40.7 Å². The summed E-state index contributed by atoms with van der Waals surface area (Å²) in [7, 11) is 7.10. The van der Waals surface area contributed by atoms with Crippen molar-refractivity contribution in [1.82, 2.24) is 4.90 Å². The monoisotopic (exact) mass is 525 g/mol. The molecule has 1 unspecified atom stereocenters. The number of halogens is 2. The predicted molar refractivity (Wildman–Crippen MR) is 130 cm³/mol. The molecule has 1 heterocycles. The quantitative estimate of drug-likeness (QED) is 0.296. The minimum atomic E-state index is -1.03. The number of hydrogen-bond donors (Lipinski definition) is 1. The van der Waals surface area contributed by atoms with Gasteiger partial charge in [0.25, 0.3) is 11.7 Å². The van der Waals surface area contributed by atoms with Crippen molar-refractivity contribution in [3.8, 4) is 23.0 Å². The van der Waals surface area contributed by atoms with E-state index in [9.17, 15) is 14.7 Å². The molecule has 0 aliphatic carbocycles. The number of ketones is 1. The third-order valence-electron chi connectivity index (χ3n) is 5.60. The van der Waals surface area contributed by atoms with Gasteiger partial charge in [-0.3, -0.25) is 9.59 Å². The topological polar surface area (TPSA) is 104 Å². The molecule has 3 rings (SSSR count). The van der Waals surface area contributed by atoms with E-state index in [4.69, 9.17) is 46.9 Å². The Morgan fingerprint density at radius 2 is 1.63 bits per heavy atom. The second-order valence-corrected chi connectivity index (χ2v) is 8.14. The number of aliphatic hydroxyl groups excluding tert-OH is 1. The van der Waals surface area contributed by atoms with E-state index in [0.29, 0.717) is 17.1 Å². The second-order valence-electron chi connectivity index (χ2n) is 7.35. The lowest BCUT2D eigenvalue weighted by molar-refractivity contribution is -0.140. The number of carbonyl (C=O) groups excluding carboxylic acids is 2. The number of ether oxygens (including phenoxy) is 5. The molecule has 1 amide bonds. The fraction of sp³-hybridized carbons (Fsp3) is 0.333. The molecule has 0 spiro atoms. The molecular formula is C24H25Cl2NO8. The highest BCUT2D eigenvalue weighted by atomic mass is 35.5. The largest absolute Gasteiger partial charge is 0.507 e. The summed E-state index contributed by atoms with van der Waals surface area (Å²) in [5, 5.41) is 11.5. The fourth-order valence-electron chi connectivity index (χ4n) is 4.04. The van der Waals surface area contributed by atoms with Crippen LogP contribution in [-0.4, -0.2) is 70.4 Å². The van der Waals surface area contributed by atoms with Gasteiger partial charge in [0.2, 0.25) is 0 Å². The van der Waals surface area contributed by atoms with Gasteiger partial charge in [0.05, 0.1) is 57.2 Å². The Morgan fingerprint density at radius 1 is 0.971 bits per heavy atom. The molecule has 35 heavy (non-hydrogen) atoms. The number of Topliss-reactive ketones (excluding diaryl/α,β-unsaturated/α-hetero) is 1. The molecule has 188 valence electrons. The van der Waals surface area contributed by atoms with Gasteiger partial charge in [-0.1, -0.05) is 35.3 Å². The molecule has 1 aliphatic heterocycles. The number of hydrogen-bond acceptors (Lipinski definition) is 8. The summed E-state index contributed by atoms with van der Waals surface area (Å²) in [5.74, 6) is -1.41. The van der Waals surface area contributed by atoms with E-state index in [1.165, 1.54) is 46.5 Å². The third kappa shape index (κ3) is 4.59. The van der Waals surface area contributed by atoms with Crippen LogP contribution in [0.4, 0.5) is 0 Å². The molecule has 11 heteroatoms. The number of likely N-dealkylation sites (tertiary alicyclic amines) is 1. The first-order valence-corrected chi connectivity index (χ1v) is 11.1. The lowest BCUT2D eigenvalue weighted by Gasteiger charge is -2.27. The Morgan fingerprint density at radius 3 is 2.20 bits per heavy atom. The number of aliphatic hydroxyl groups is 1. The van der Waals surface area contributed by atoms with E-state index < -0.39 is 23.5 Å². The standard InChI is InChI=1S/C24H25Cl2NO8/c1-31-10-9-27-18(12-7-6-8-15(32-2)21(12)33-3)16(20(29)24(27)30)19(28)13-11-14(25)23(35-5)17(26)22(13)34-4/h6-8,11,18,28H,9-10H2,1-5H3/b19-16+. The van der Waals surface area contributed by atoms with Gasteiger partial charge in [-0.2, -0.15) is 0 Å². The lowest BCUT2D eigenvalue weighted by atomic mass is 9.94. The molecule has 0 bridgehead atoms. The summed E-state index contributed by atoms with van der Waals surface area (Å²) >= 11 is 12.7. The van der Waals surface area contributed by atoms with Gasteiger partial charge >= 0.3 is 0 Å². The Labute approximate surface area is 212 Å². The van der Waals surface area contributed by atoms with Crippen molar-refractivity contribution in [1.29, 1.82) is 0 Å². The third-order valence-corrected chi connectivity index (χ3v) is 6.22. The number of para-hydroxylation sites is 1. The van der Waals surface area contributed by atoms with Gasteiger partial charge in [0.15, 0.2) is 23.0 Å². The minimum Gasteiger partial charge on any atom is -0.507 e. The summed E-state index contributed by atoms with van der Waals surface area (Å²) in [6, 6.07) is 5.36. The van der Waals surface area contributed by atoms with Crippen LogP contribution in [0.2, 0.25) is 10.0 Å². The zero-order valence-corrected chi connectivity index (χ0v) is 21.3. The van der Waals surface area contributed by atoms with Gasteiger partial charge in [-0.25, -0.2) is 0 Å². The van der Waals surface area contributed by atoms with Gasteiger partial charge in [0, 0.05) is 19.2 Å². The number of carbonyl (C=O) groups is 2. The van der Waals surface area contributed by atoms with E-state index in [0.717, 1.165) is 0 Å². The highest BCUT2D eigenvalue weighted by Crippen LogP contribution is 2.49. The smallest absolute Gasteiger partial charge is 0.295 e. The number of benzene rings is 2. The molecule has 1 aliphatic rings. The number of amides is 1.